The van der Waals surface area contributed by atoms with Gasteiger partial charge in [0.15, 0.2) is 6.29 Å². The minimum absolute atomic E-state index is 0.101. The van der Waals surface area contributed by atoms with Gasteiger partial charge < -0.3 is 14.2 Å². The summed E-state index contributed by atoms with van der Waals surface area (Å²) < 4.78 is 16.5. The Labute approximate surface area is 102 Å². The van der Waals surface area contributed by atoms with Crippen LogP contribution in [0.3, 0.4) is 0 Å². The van der Waals surface area contributed by atoms with Crippen molar-refractivity contribution in [3.63, 3.8) is 0 Å². The summed E-state index contributed by atoms with van der Waals surface area (Å²) in [5.41, 5.74) is 1.09. The molecule has 3 heteroatoms. The van der Waals surface area contributed by atoms with Crippen LogP contribution in [0.1, 0.15) is 18.4 Å². The molecule has 0 saturated carbocycles. The summed E-state index contributed by atoms with van der Waals surface area (Å²) in [5.74, 6) is 0.867. The molecule has 0 bridgehead atoms. The van der Waals surface area contributed by atoms with Gasteiger partial charge in [-0.3, -0.25) is 0 Å². The maximum absolute atomic E-state index is 5.61. The summed E-state index contributed by atoms with van der Waals surface area (Å²) in [5, 5.41) is 0. The van der Waals surface area contributed by atoms with Gasteiger partial charge in [0.1, 0.15) is 5.75 Å². The van der Waals surface area contributed by atoms with E-state index in [0.29, 0.717) is 6.61 Å². The third-order valence-corrected chi connectivity index (χ3v) is 2.63. The van der Waals surface area contributed by atoms with Gasteiger partial charge in [0.05, 0.1) is 19.8 Å². The second kappa shape index (κ2) is 6.42. The third kappa shape index (κ3) is 3.88. The van der Waals surface area contributed by atoms with Crippen molar-refractivity contribution >= 4 is 6.08 Å². The summed E-state index contributed by atoms with van der Waals surface area (Å²) in [4.78, 5) is 0. The quantitative estimate of drug-likeness (QED) is 0.784. The Morgan fingerprint density at radius 3 is 2.59 bits per heavy atom. The number of hydrogen-bond donors (Lipinski definition) is 0. The first-order chi connectivity index (χ1) is 8.38. The Morgan fingerprint density at radius 2 is 1.94 bits per heavy atom. The molecule has 3 nitrogen and oxygen atoms in total. The van der Waals surface area contributed by atoms with Crippen LogP contribution in [-0.4, -0.2) is 26.1 Å². The van der Waals surface area contributed by atoms with Crippen molar-refractivity contribution in [2.24, 2.45) is 0 Å². The van der Waals surface area contributed by atoms with Crippen molar-refractivity contribution in [3.05, 3.63) is 36.4 Å². The highest BCUT2D eigenvalue weighted by atomic mass is 16.7. The van der Waals surface area contributed by atoms with Crippen LogP contribution in [0, 0.1) is 0 Å². The standard InChI is InChI=1S/C14H18O3/c1-2-12-4-6-13(7-5-12)15-11-8-14-16-9-3-10-17-14/h2,4-7,14H,1,3,8-11H2. The van der Waals surface area contributed by atoms with E-state index >= 15 is 0 Å². The van der Waals surface area contributed by atoms with Crippen molar-refractivity contribution in [1.29, 1.82) is 0 Å². The van der Waals surface area contributed by atoms with Gasteiger partial charge in [-0.15, -0.1) is 0 Å². The zero-order valence-electron chi connectivity index (χ0n) is 9.93. The lowest BCUT2D eigenvalue weighted by Gasteiger charge is -2.23. The highest BCUT2D eigenvalue weighted by Crippen LogP contribution is 2.14. The van der Waals surface area contributed by atoms with Crippen LogP contribution in [0.15, 0.2) is 30.8 Å². The minimum atomic E-state index is -0.101. The Bertz CT molecular complexity index is 339. The fraction of sp³-hybridized carbons (Fsp3) is 0.429. The highest BCUT2D eigenvalue weighted by molar-refractivity contribution is 5.48. The lowest BCUT2D eigenvalue weighted by molar-refractivity contribution is -0.183. The van der Waals surface area contributed by atoms with Gasteiger partial charge in [0.25, 0.3) is 0 Å². The molecule has 1 fully saturated rings. The molecule has 2 rings (SSSR count). The molecule has 0 atom stereocenters. The van der Waals surface area contributed by atoms with Gasteiger partial charge in [-0.05, 0) is 24.1 Å². The van der Waals surface area contributed by atoms with E-state index < -0.39 is 0 Å². The first-order valence-electron chi connectivity index (χ1n) is 5.97. The largest absolute Gasteiger partial charge is 0.493 e. The van der Waals surface area contributed by atoms with Crippen molar-refractivity contribution in [2.75, 3.05) is 19.8 Å². The smallest absolute Gasteiger partial charge is 0.160 e. The molecule has 0 spiro atoms. The molecule has 0 amide bonds. The predicted molar refractivity (Wildman–Crippen MR) is 67.0 cm³/mol. The molecule has 1 saturated heterocycles. The van der Waals surface area contributed by atoms with Gasteiger partial charge in [-0.25, -0.2) is 0 Å². The third-order valence-electron chi connectivity index (χ3n) is 2.63. The fourth-order valence-corrected chi connectivity index (χ4v) is 1.68. The molecule has 0 unspecified atom stereocenters. The molecule has 0 aliphatic carbocycles. The second-order valence-electron chi connectivity index (χ2n) is 3.93. The van der Waals surface area contributed by atoms with Crippen LogP contribution in [-0.2, 0) is 9.47 Å². The van der Waals surface area contributed by atoms with E-state index in [9.17, 15) is 0 Å². The molecule has 1 heterocycles. The number of ether oxygens (including phenoxy) is 3. The molecule has 1 aromatic rings. The normalized spacial score (nSPS) is 16.7. The molecule has 0 radical (unpaired) electrons. The SMILES string of the molecule is C=Cc1ccc(OCCC2OCCCO2)cc1. The molecule has 92 valence electrons. The Balaban J connectivity index is 1.71. The first-order valence-corrected chi connectivity index (χ1v) is 5.97. The Kier molecular flexibility index (Phi) is 4.59. The monoisotopic (exact) mass is 234 g/mol. The molecular weight excluding hydrogens is 216 g/mol. The van der Waals surface area contributed by atoms with Crippen LogP contribution >= 0.6 is 0 Å². The average molecular weight is 234 g/mol. The van der Waals surface area contributed by atoms with E-state index in [4.69, 9.17) is 14.2 Å². The summed E-state index contributed by atoms with van der Waals surface area (Å²) in [6.45, 7) is 5.90. The number of rotatable bonds is 5. The van der Waals surface area contributed by atoms with Crippen molar-refractivity contribution in [3.8, 4) is 5.75 Å². The van der Waals surface area contributed by atoms with Gasteiger partial charge in [0, 0.05) is 6.42 Å². The summed E-state index contributed by atoms with van der Waals surface area (Å²) >= 11 is 0. The lowest BCUT2D eigenvalue weighted by Crippen LogP contribution is -2.26. The first kappa shape index (κ1) is 12.1. The van der Waals surface area contributed by atoms with Gasteiger partial charge in [-0.1, -0.05) is 24.8 Å². The van der Waals surface area contributed by atoms with Crippen LogP contribution in [0.25, 0.3) is 6.08 Å². The molecule has 1 aromatic carbocycles. The molecule has 0 N–H and O–H groups in total. The lowest BCUT2D eigenvalue weighted by atomic mass is 10.2. The van der Waals surface area contributed by atoms with Crippen molar-refractivity contribution in [1.82, 2.24) is 0 Å². The molecule has 17 heavy (non-hydrogen) atoms. The maximum Gasteiger partial charge on any atom is 0.160 e. The Hall–Kier alpha value is -1.32. The van der Waals surface area contributed by atoms with Crippen LogP contribution < -0.4 is 4.74 Å². The van der Waals surface area contributed by atoms with E-state index in [2.05, 4.69) is 6.58 Å². The van der Waals surface area contributed by atoms with Gasteiger partial charge in [0.2, 0.25) is 0 Å². The van der Waals surface area contributed by atoms with Gasteiger partial charge >= 0.3 is 0 Å². The zero-order valence-corrected chi connectivity index (χ0v) is 9.93. The predicted octanol–water partition coefficient (Wildman–Crippen LogP) is 2.86. The minimum Gasteiger partial charge on any atom is -0.493 e. The van der Waals surface area contributed by atoms with Crippen LogP contribution in [0.2, 0.25) is 0 Å². The van der Waals surface area contributed by atoms with E-state index in [1.54, 1.807) is 0 Å². The zero-order chi connectivity index (χ0) is 11.9. The van der Waals surface area contributed by atoms with Crippen LogP contribution in [0.5, 0.6) is 5.75 Å². The molecule has 0 aromatic heterocycles. The summed E-state index contributed by atoms with van der Waals surface area (Å²) in [6, 6.07) is 7.85. The van der Waals surface area contributed by atoms with E-state index in [1.165, 1.54) is 0 Å². The highest BCUT2D eigenvalue weighted by Gasteiger charge is 2.13. The van der Waals surface area contributed by atoms with Gasteiger partial charge in [-0.2, -0.15) is 0 Å². The molecular formula is C14H18O3. The number of hydrogen-bond acceptors (Lipinski definition) is 3. The van der Waals surface area contributed by atoms with Crippen molar-refractivity contribution < 1.29 is 14.2 Å². The Morgan fingerprint density at radius 1 is 1.24 bits per heavy atom. The molecule has 1 aliphatic rings. The fourth-order valence-electron chi connectivity index (χ4n) is 1.68. The summed E-state index contributed by atoms with van der Waals surface area (Å²) in [7, 11) is 0. The van der Waals surface area contributed by atoms with E-state index in [0.717, 1.165) is 37.4 Å². The number of benzene rings is 1. The molecule has 1 aliphatic heterocycles. The van der Waals surface area contributed by atoms with E-state index in [1.807, 2.05) is 30.3 Å². The maximum atomic E-state index is 5.61. The second-order valence-corrected chi connectivity index (χ2v) is 3.93. The van der Waals surface area contributed by atoms with E-state index in [-0.39, 0.29) is 6.29 Å². The average Bonchev–Trinajstić information content (AvgIpc) is 2.41. The topological polar surface area (TPSA) is 27.7 Å². The van der Waals surface area contributed by atoms with Crippen molar-refractivity contribution in [2.45, 2.75) is 19.1 Å². The van der Waals surface area contributed by atoms with Crippen LogP contribution in [0.4, 0.5) is 0 Å². The summed E-state index contributed by atoms with van der Waals surface area (Å²) in [6.07, 6.45) is 3.47.